The Balaban J connectivity index is 3.02. The van der Waals surface area contributed by atoms with E-state index >= 15 is 0 Å². The van der Waals surface area contributed by atoms with Crippen LogP contribution in [0.5, 0.6) is 5.75 Å². The summed E-state index contributed by atoms with van der Waals surface area (Å²) >= 11 is 0. The van der Waals surface area contributed by atoms with E-state index < -0.39 is 11.4 Å². The molecular formula is C11H17N3O2. The van der Waals surface area contributed by atoms with Crippen molar-refractivity contribution in [3.63, 3.8) is 0 Å². The zero-order valence-corrected chi connectivity index (χ0v) is 9.70. The van der Waals surface area contributed by atoms with Crippen LogP contribution in [0.1, 0.15) is 13.8 Å². The van der Waals surface area contributed by atoms with E-state index in [-0.39, 0.29) is 0 Å². The molecule has 0 fully saturated rings. The fourth-order valence-electron chi connectivity index (χ4n) is 1.23. The van der Waals surface area contributed by atoms with Gasteiger partial charge in [0.1, 0.15) is 11.3 Å². The zero-order valence-electron chi connectivity index (χ0n) is 9.70. The largest absolute Gasteiger partial charge is 0.495 e. The molecule has 5 nitrogen and oxygen atoms in total. The number of hydrogen-bond donors (Lipinski definition) is 3. The Hall–Kier alpha value is -1.91. The molecule has 0 atom stereocenters. The SMILES string of the molecule is COc1cccc(NC(C)(C)C(N)=O)c1N. The predicted octanol–water partition coefficient (Wildman–Crippen LogP) is 0.953. The summed E-state index contributed by atoms with van der Waals surface area (Å²) in [5.41, 5.74) is 11.4. The lowest BCUT2D eigenvalue weighted by atomic mass is 10.0. The van der Waals surface area contributed by atoms with E-state index in [9.17, 15) is 4.79 Å². The topological polar surface area (TPSA) is 90.4 Å². The normalized spacial score (nSPS) is 10.9. The van der Waals surface area contributed by atoms with Crippen LogP contribution in [0.2, 0.25) is 0 Å². The van der Waals surface area contributed by atoms with Gasteiger partial charge in [0.15, 0.2) is 0 Å². The summed E-state index contributed by atoms with van der Waals surface area (Å²) in [4.78, 5) is 11.2. The maximum Gasteiger partial charge on any atom is 0.242 e. The van der Waals surface area contributed by atoms with Crippen LogP contribution in [0, 0.1) is 0 Å². The summed E-state index contributed by atoms with van der Waals surface area (Å²) in [5.74, 6) is 0.111. The second-order valence-corrected chi connectivity index (χ2v) is 4.04. The summed E-state index contributed by atoms with van der Waals surface area (Å²) in [6.07, 6.45) is 0. The van der Waals surface area contributed by atoms with Crippen LogP contribution in [0.25, 0.3) is 0 Å². The molecule has 0 aliphatic carbocycles. The van der Waals surface area contributed by atoms with E-state index in [2.05, 4.69) is 5.32 Å². The van der Waals surface area contributed by atoms with E-state index in [1.807, 2.05) is 0 Å². The number of anilines is 2. The van der Waals surface area contributed by atoms with Crippen LogP contribution < -0.4 is 21.5 Å². The Morgan fingerprint density at radius 1 is 1.44 bits per heavy atom. The zero-order chi connectivity index (χ0) is 12.3. The molecule has 0 unspecified atom stereocenters. The van der Waals surface area contributed by atoms with Crippen LogP contribution in [0.4, 0.5) is 11.4 Å². The van der Waals surface area contributed by atoms with Crippen molar-refractivity contribution in [2.24, 2.45) is 5.73 Å². The number of para-hydroxylation sites is 1. The second-order valence-electron chi connectivity index (χ2n) is 4.04. The summed E-state index contributed by atoms with van der Waals surface area (Å²) in [6.45, 7) is 3.38. The second kappa shape index (κ2) is 4.30. The van der Waals surface area contributed by atoms with Crippen molar-refractivity contribution in [1.29, 1.82) is 0 Å². The van der Waals surface area contributed by atoms with E-state index in [0.29, 0.717) is 17.1 Å². The number of carbonyl (C=O) groups is 1. The van der Waals surface area contributed by atoms with Gasteiger partial charge >= 0.3 is 0 Å². The Bertz CT molecular complexity index is 402. The summed E-state index contributed by atoms with van der Waals surface area (Å²) < 4.78 is 5.08. The Morgan fingerprint density at radius 3 is 2.56 bits per heavy atom. The van der Waals surface area contributed by atoms with E-state index in [4.69, 9.17) is 16.2 Å². The fraction of sp³-hybridized carbons (Fsp3) is 0.364. The van der Waals surface area contributed by atoms with Gasteiger partial charge in [-0.3, -0.25) is 4.79 Å². The Morgan fingerprint density at radius 2 is 2.06 bits per heavy atom. The molecule has 0 heterocycles. The van der Waals surface area contributed by atoms with Crippen molar-refractivity contribution in [3.8, 4) is 5.75 Å². The smallest absolute Gasteiger partial charge is 0.242 e. The molecule has 5 heteroatoms. The lowest BCUT2D eigenvalue weighted by Gasteiger charge is -2.25. The molecule has 1 aromatic rings. The van der Waals surface area contributed by atoms with Gasteiger partial charge < -0.3 is 21.5 Å². The molecule has 0 aliphatic heterocycles. The van der Waals surface area contributed by atoms with Gasteiger partial charge in [0, 0.05) is 0 Å². The van der Waals surface area contributed by atoms with Crippen LogP contribution in [0.3, 0.4) is 0 Å². The van der Waals surface area contributed by atoms with Gasteiger partial charge in [-0.2, -0.15) is 0 Å². The highest BCUT2D eigenvalue weighted by Crippen LogP contribution is 2.30. The highest BCUT2D eigenvalue weighted by atomic mass is 16.5. The minimum absolute atomic E-state index is 0.449. The number of ether oxygens (including phenoxy) is 1. The maximum atomic E-state index is 11.2. The van der Waals surface area contributed by atoms with Crippen molar-refractivity contribution in [2.75, 3.05) is 18.2 Å². The lowest BCUT2D eigenvalue weighted by molar-refractivity contribution is -0.121. The monoisotopic (exact) mass is 223 g/mol. The van der Waals surface area contributed by atoms with Crippen molar-refractivity contribution in [3.05, 3.63) is 18.2 Å². The van der Waals surface area contributed by atoms with Gasteiger partial charge in [-0.1, -0.05) is 6.07 Å². The lowest BCUT2D eigenvalue weighted by Crippen LogP contribution is -2.45. The third-order valence-electron chi connectivity index (χ3n) is 2.35. The number of primary amides is 1. The first-order chi connectivity index (χ1) is 7.38. The van der Waals surface area contributed by atoms with Gasteiger partial charge in [-0.15, -0.1) is 0 Å². The Labute approximate surface area is 94.8 Å². The maximum absolute atomic E-state index is 11.2. The number of nitrogens with one attached hydrogen (secondary N) is 1. The third-order valence-corrected chi connectivity index (χ3v) is 2.35. The predicted molar refractivity (Wildman–Crippen MR) is 64.3 cm³/mol. The number of hydrogen-bond acceptors (Lipinski definition) is 4. The number of nitrogen functional groups attached to an aromatic ring is 1. The van der Waals surface area contributed by atoms with Gasteiger partial charge in [0.2, 0.25) is 5.91 Å². The molecule has 1 rings (SSSR count). The van der Waals surface area contributed by atoms with Crippen molar-refractivity contribution < 1.29 is 9.53 Å². The third kappa shape index (κ3) is 2.36. The molecule has 0 aromatic heterocycles. The molecule has 0 radical (unpaired) electrons. The molecule has 16 heavy (non-hydrogen) atoms. The van der Waals surface area contributed by atoms with Crippen LogP contribution in [-0.2, 0) is 4.79 Å². The van der Waals surface area contributed by atoms with E-state index in [1.165, 1.54) is 7.11 Å². The first-order valence-electron chi connectivity index (χ1n) is 4.89. The number of nitrogens with two attached hydrogens (primary N) is 2. The van der Waals surface area contributed by atoms with Crippen LogP contribution in [-0.4, -0.2) is 18.6 Å². The average Bonchev–Trinajstić information content (AvgIpc) is 2.20. The fourth-order valence-corrected chi connectivity index (χ4v) is 1.23. The quantitative estimate of drug-likeness (QED) is 0.663. The molecular weight excluding hydrogens is 206 g/mol. The molecule has 0 bridgehead atoms. The van der Waals surface area contributed by atoms with Crippen molar-refractivity contribution in [1.82, 2.24) is 0 Å². The summed E-state index contributed by atoms with van der Waals surface area (Å²) in [5, 5.41) is 2.98. The molecule has 1 amide bonds. The molecule has 0 saturated carbocycles. The van der Waals surface area contributed by atoms with Gasteiger partial charge in [0.25, 0.3) is 0 Å². The van der Waals surface area contributed by atoms with Gasteiger partial charge in [-0.05, 0) is 26.0 Å². The molecule has 0 saturated heterocycles. The first-order valence-corrected chi connectivity index (χ1v) is 4.89. The van der Waals surface area contributed by atoms with E-state index in [0.717, 1.165) is 0 Å². The highest BCUT2D eigenvalue weighted by Gasteiger charge is 2.25. The first kappa shape index (κ1) is 12.2. The summed E-state index contributed by atoms with van der Waals surface area (Å²) in [6, 6.07) is 5.30. The number of methoxy groups -OCH3 is 1. The molecule has 88 valence electrons. The van der Waals surface area contributed by atoms with Crippen LogP contribution in [0.15, 0.2) is 18.2 Å². The van der Waals surface area contributed by atoms with Crippen molar-refractivity contribution >= 4 is 17.3 Å². The average molecular weight is 223 g/mol. The van der Waals surface area contributed by atoms with E-state index in [1.54, 1.807) is 32.0 Å². The van der Waals surface area contributed by atoms with Crippen LogP contribution >= 0.6 is 0 Å². The van der Waals surface area contributed by atoms with Gasteiger partial charge in [0.05, 0.1) is 18.5 Å². The number of carbonyl (C=O) groups excluding carboxylic acids is 1. The molecule has 0 aliphatic rings. The number of amides is 1. The molecule has 0 spiro atoms. The summed E-state index contributed by atoms with van der Waals surface area (Å²) in [7, 11) is 1.54. The minimum atomic E-state index is -0.861. The number of benzene rings is 1. The number of rotatable bonds is 4. The molecule has 5 N–H and O–H groups in total. The standard InChI is InChI=1S/C11H17N3O2/c1-11(2,10(13)15)14-7-5-4-6-8(16-3)9(7)12/h4-6,14H,12H2,1-3H3,(H2,13,15). The van der Waals surface area contributed by atoms with Crippen molar-refractivity contribution in [2.45, 2.75) is 19.4 Å². The van der Waals surface area contributed by atoms with Gasteiger partial charge in [-0.25, -0.2) is 0 Å². The Kier molecular flexibility index (Phi) is 3.27. The minimum Gasteiger partial charge on any atom is -0.495 e. The molecule has 1 aromatic carbocycles. The highest BCUT2D eigenvalue weighted by molar-refractivity contribution is 5.88.